The van der Waals surface area contributed by atoms with Crippen molar-refractivity contribution in [2.45, 2.75) is 23.1 Å². The molecular formula is C26H21F2N3O4S. The highest BCUT2D eigenvalue weighted by atomic mass is 32.2. The molecule has 0 spiro atoms. The molecule has 10 heteroatoms. The molecule has 0 saturated heterocycles. The van der Waals surface area contributed by atoms with Crippen LogP contribution in [0.1, 0.15) is 39.6 Å². The van der Waals surface area contributed by atoms with Crippen molar-refractivity contribution >= 4 is 17.7 Å². The zero-order chi connectivity index (χ0) is 25.0. The normalized spacial score (nSPS) is 19.6. The number of hydrogen-bond donors (Lipinski definition) is 1. The zero-order valence-corrected chi connectivity index (χ0v) is 19.8. The average molecular weight is 510 g/mol. The summed E-state index contributed by atoms with van der Waals surface area (Å²) in [7, 11) is 0. The highest BCUT2D eigenvalue weighted by Crippen LogP contribution is 2.47. The summed E-state index contributed by atoms with van der Waals surface area (Å²) in [6, 6.07) is 9.09. The number of ether oxygens (including phenoxy) is 1. The summed E-state index contributed by atoms with van der Waals surface area (Å²) in [4.78, 5) is 28.1. The Labute approximate surface area is 209 Å². The largest absolute Gasteiger partial charge is 0.502 e. The third-order valence-corrected chi connectivity index (χ3v) is 7.80. The van der Waals surface area contributed by atoms with Gasteiger partial charge in [0, 0.05) is 46.6 Å². The van der Waals surface area contributed by atoms with Crippen molar-refractivity contribution < 1.29 is 23.4 Å². The summed E-state index contributed by atoms with van der Waals surface area (Å²) in [5.74, 6) is -2.70. The Hall–Kier alpha value is -3.79. The van der Waals surface area contributed by atoms with E-state index in [4.69, 9.17) is 4.74 Å². The molecule has 3 aliphatic rings. The lowest BCUT2D eigenvalue weighted by Crippen LogP contribution is -2.55. The molecule has 2 aromatic carbocycles. The molecule has 1 aromatic heterocycles. The fraction of sp³-hybridized carbons (Fsp3) is 0.231. The maximum atomic E-state index is 15.3. The van der Waals surface area contributed by atoms with Crippen molar-refractivity contribution in [1.29, 1.82) is 0 Å². The third kappa shape index (κ3) is 3.47. The number of aromatic nitrogens is 1. The number of hydrogen-bond acceptors (Lipinski definition) is 6. The minimum absolute atomic E-state index is 0.0868. The summed E-state index contributed by atoms with van der Waals surface area (Å²) in [6.45, 7) is 0.565. The Morgan fingerprint density at radius 2 is 1.94 bits per heavy atom. The molecule has 4 heterocycles. The monoisotopic (exact) mass is 509 g/mol. The Balaban J connectivity index is 1.70. The summed E-state index contributed by atoms with van der Waals surface area (Å²) in [5, 5.41) is 12.4. The predicted molar refractivity (Wildman–Crippen MR) is 130 cm³/mol. The molecule has 1 unspecified atom stereocenters. The van der Waals surface area contributed by atoms with Gasteiger partial charge >= 0.3 is 0 Å². The molecule has 6 rings (SSSR count). The van der Waals surface area contributed by atoms with Gasteiger partial charge in [-0.3, -0.25) is 19.3 Å². The van der Waals surface area contributed by atoms with Crippen LogP contribution in [0, 0.1) is 11.6 Å². The van der Waals surface area contributed by atoms with E-state index < -0.39 is 34.8 Å². The van der Waals surface area contributed by atoms with Gasteiger partial charge in [0.15, 0.2) is 23.1 Å². The van der Waals surface area contributed by atoms with E-state index in [-0.39, 0.29) is 36.0 Å². The zero-order valence-electron chi connectivity index (χ0n) is 19.0. The van der Waals surface area contributed by atoms with Gasteiger partial charge in [-0.1, -0.05) is 30.4 Å². The van der Waals surface area contributed by atoms with Crippen LogP contribution in [-0.2, 0) is 5.75 Å². The van der Waals surface area contributed by atoms with Crippen molar-refractivity contribution in [3.63, 3.8) is 0 Å². The van der Waals surface area contributed by atoms with E-state index in [1.807, 2.05) is 30.3 Å². The van der Waals surface area contributed by atoms with Gasteiger partial charge in [0.05, 0.1) is 0 Å². The molecule has 1 N–H and O–H groups in total. The quantitative estimate of drug-likeness (QED) is 0.463. The molecule has 1 atom stereocenters. The molecule has 0 fully saturated rings. The van der Waals surface area contributed by atoms with Crippen molar-refractivity contribution in [3.05, 3.63) is 99.0 Å². The Morgan fingerprint density at radius 1 is 1.11 bits per heavy atom. The first-order valence-electron chi connectivity index (χ1n) is 11.5. The number of fused-ring (bicyclic) bond motifs is 7. The van der Waals surface area contributed by atoms with Crippen LogP contribution < -0.4 is 15.2 Å². The van der Waals surface area contributed by atoms with E-state index in [9.17, 15) is 19.1 Å². The van der Waals surface area contributed by atoms with Crippen LogP contribution in [0.5, 0.6) is 11.5 Å². The minimum atomic E-state index is -0.998. The maximum Gasteiger partial charge on any atom is 0.277 e. The number of nitrogens with zero attached hydrogens (tertiary/aromatic N) is 3. The van der Waals surface area contributed by atoms with Gasteiger partial charge in [-0.2, -0.15) is 0 Å². The predicted octanol–water partition coefficient (Wildman–Crippen LogP) is 3.92. The summed E-state index contributed by atoms with van der Waals surface area (Å²) in [6.07, 6.45) is 5.55. The summed E-state index contributed by atoms with van der Waals surface area (Å²) >= 11 is 1.39. The van der Waals surface area contributed by atoms with E-state index >= 15 is 4.39 Å². The molecule has 0 aliphatic carbocycles. The molecule has 184 valence electrons. The lowest BCUT2D eigenvalue weighted by Gasteiger charge is -2.44. The number of pyridine rings is 1. The molecule has 1 amide bonds. The Morgan fingerprint density at radius 3 is 2.81 bits per heavy atom. The summed E-state index contributed by atoms with van der Waals surface area (Å²) < 4.78 is 37.5. The topological polar surface area (TPSA) is 75.0 Å². The second kappa shape index (κ2) is 8.70. The van der Waals surface area contributed by atoms with Gasteiger partial charge in [0.1, 0.15) is 25.1 Å². The summed E-state index contributed by atoms with van der Waals surface area (Å²) in [5.41, 5.74) is 0.581. The number of benzene rings is 2. The molecule has 7 nitrogen and oxygen atoms in total. The van der Waals surface area contributed by atoms with Gasteiger partial charge in [-0.15, -0.1) is 11.8 Å². The first-order valence-corrected chi connectivity index (χ1v) is 12.5. The standard InChI is InChI=1S/C26H21F2N3O4S/c27-17-12-19-21-16(22(17)28)13-36-20-7-3-2-6-15(20)23(21)31-14-29(9-4-1-5-11-35-19)26(34)24-25(33)18(32)8-10-30(24)31/h1-3,5-8,10,12,23,33H,4,9,11,13-14H2/b5-1-. The van der Waals surface area contributed by atoms with Gasteiger partial charge < -0.3 is 14.7 Å². The molecule has 0 saturated carbocycles. The van der Waals surface area contributed by atoms with Crippen molar-refractivity contribution in [1.82, 2.24) is 9.58 Å². The molecule has 2 bridgehead atoms. The Bertz CT molecular complexity index is 1490. The third-order valence-electron chi connectivity index (χ3n) is 6.68. The minimum Gasteiger partial charge on any atom is -0.502 e. The van der Waals surface area contributed by atoms with Crippen molar-refractivity contribution in [3.8, 4) is 11.5 Å². The highest BCUT2D eigenvalue weighted by Gasteiger charge is 2.40. The second-order valence-corrected chi connectivity index (χ2v) is 9.75. The molecule has 3 aromatic rings. The number of thioether (sulfide) groups is 1. The lowest BCUT2D eigenvalue weighted by atomic mass is 9.92. The maximum absolute atomic E-state index is 15.3. The van der Waals surface area contributed by atoms with Crippen molar-refractivity contribution in [2.75, 3.05) is 24.8 Å². The highest BCUT2D eigenvalue weighted by molar-refractivity contribution is 7.98. The fourth-order valence-corrected chi connectivity index (χ4v) is 6.10. The number of carbonyl (C=O) groups excluding carboxylic acids is 1. The van der Waals surface area contributed by atoms with Crippen LogP contribution in [0.4, 0.5) is 8.78 Å². The van der Waals surface area contributed by atoms with Crippen LogP contribution in [0.3, 0.4) is 0 Å². The first kappa shape index (κ1) is 22.7. The van der Waals surface area contributed by atoms with E-state index in [0.29, 0.717) is 18.5 Å². The number of amides is 1. The van der Waals surface area contributed by atoms with Crippen LogP contribution in [0.25, 0.3) is 0 Å². The number of halogens is 2. The Kier molecular flexibility index (Phi) is 5.48. The average Bonchev–Trinajstić information content (AvgIpc) is 3.04. The fourth-order valence-electron chi connectivity index (χ4n) is 5.00. The molecule has 3 aliphatic heterocycles. The van der Waals surface area contributed by atoms with E-state index in [1.165, 1.54) is 28.7 Å². The van der Waals surface area contributed by atoms with Gasteiger partial charge in [-0.25, -0.2) is 8.78 Å². The van der Waals surface area contributed by atoms with Crippen molar-refractivity contribution in [2.24, 2.45) is 0 Å². The molecule has 0 radical (unpaired) electrons. The smallest absolute Gasteiger partial charge is 0.277 e. The van der Waals surface area contributed by atoms with E-state index in [1.54, 1.807) is 16.0 Å². The number of carbonyl (C=O) groups is 1. The van der Waals surface area contributed by atoms with Gasteiger partial charge in [-0.05, 0) is 18.1 Å². The lowest BCUT2D eigenvalue weighted by molar-refractivity contribution is 0.0682. The van der Waals surface area contributed by atoms with E-state index in [0.717, 1.165) is 16.5 Å². The SMILES string of the molecule is O=C1c2c(O)c(=O)ccn2N2CN1CC/C=C\COc1cc(F)c(F)c3c1C2c1ccccc1SC3. The van der Waals surface area contributed by atoms with Crippen LogP contribution in [0.2, 0.25) is 0 Å². The van der Waals surface area contributed by atoms with Crippen LogP contribution >= 0.6 is 11.8 Å². The van der Waals surface area contributed by atoms with E-state index in [2.05, 4.69) is 0 Å². The molecule has 36 heavy (non-hydrogen) atoms. The number of rotatable bonds is 0. The van der Waals surface area contributed by atoms with Crippen LogP contribution in [0.15, 0.2) is 64.4 Å². The molecular weight excluding hydrogens is 488 g/mol. The van der Waals surface area contributed by atoms with Gasteiger partial charge in [0.25, 0.3) is 5.91 Å². The first-order chi connectivity index (χ1) is 17.5. The van der Waals surface area contributed by atoms with Crippen LogP contribution in [-0.4, -0.2) is 40.4 Å². The van der Waals surface area contributed by atoms with Gasteiger partial charge in [0.2, 0.25) is 5.43 Å². The number of aromatic hydroxyl groups is 1. The second-order valence-electron chi connectivity index (χ2n) is 8.73.